The number of nitrogens with one attached hydrogen (secondary N) is 2. The number of benzene rings is 2. The minimum Gasteiger partial charge on any atom is -0.330 e. The third-order valence-corrected chi connectivity index (χ3v) is 4.07. The zero-order chi connectivity index (χ0) is 14.5. The van der Waals surface area contributed by atoms with Crippen molar-refractivity contribution in [3.63, 3.8) is 0 Å². The van der Waals surface area contributed by atoms with Gasteiger partial charge in [0, 0.05) is 17.7 Å². The van der Waals surface area contributed by atoms with Crippen molar-refractivity contribution >= 4 is 11.6 Å². The van der Waals surface area contributed by atoms with E-state index in [9.17, 15) is 4.79 Å². The van der Waals surface area contributed by atoms with E-state index in [1.165, 1.54) is 16.0 Å². The Morgan fingerprint density at radius 1 is 1.00 bits per heavy atom. The van der Waals surface area contributed by atoms with Gasteiger partial charge in [-0.1, -0.05) is 42.5 Å². The molecule has 0 bridgehead atoms. The van der Waals surface area contributed by atoms with E-state index < -0.39 is 0 Å². The fraction of sp³-hybridized carbons (Fsp3) is 0.278. The van der Waals surface area contributed by atoms with Gasteiger partial charge in [0.25, 0.3) is 0 Å². The highest BCUT2D eigenvalue weighted by molar-refractivity contribution is 5.90. The van der Waals surface area contributed by atoms with Gasteiger partial charge in [-0.2, -0.15) is 0 Å². The quantitative estimate of drug-likeness (QED) is 0.878. The van der Waals surface area contributed by atoms with E-state index in [0.717, 1.165) is 31.7 Å². The first-order chi connectivity index (χ1) is 10.3. The molecule has 1 heterocycles. The summed E-state index contributed by atoms with van der Waals surface area (Å²) >= 11 is 0. The molecule has 108 valence electrons. The summed E-state index contributed by atoms with van der Waals surface area (Å²) in [6.07, 6.45) is 1.69. The molecular weight excluding hydrogens is 260 g/mol. The third kappa shape index (κ3) is 3.70. The number of para-hydroxylation sites is 1. The molecule has 0 saturated heterocycles. The summed E-state index contributed by atoms with van der Waals surface area (Å²) < 4.78 is 0. The van der Waals surface area contributed by atoms with E-state index in [1.807, 2.05) is 30.3 Å². The van der Waals surface area contributed by atoms with Crippen LogP contribution < -0.4 is 10.2 Å². The van der Waals surface area contributed by atoms with Crippen molar-refractivity contribution < 1.29 is 9.69 Å². The lowest BCUT2D eigenvalue weighted by molar-refractivity contribution is -0.915. The Bertz CT molecular complexity index is 610. The Hall–Kier alpha value is -2.13. The molecule has 2 aromatic rings. The van der Waals surface area contributed by atoms with Crippen molar-refractivity contribution in [2.75, 3.05) is 18.4 Å². The van der Waals surface area contributed by atoms with Crippen LogP contribution in [0.5, 0.6) is 0 Å². The van der Waals surface area contributed by atoms with Crippen LogP contribution in [0.2, 0.25) is 0 Å². The summed E-state index contributed by atoms with van der Waals surface area (Å²) in [5, 5.41) is 2.95. The normalized spacial score (nSPS) is 17.0. The molecule has 3 rings (SSSR count). The lowest BCUT2D eigenvalue weighted by atomic mass is 10.00. The number of fused-ring (bicyclic) bond motifs is 1. The number of quaternary nitrogens is 1. The number of amides is 1. The fourth-order valence-corrected chi connectivity index (χ4v) is 2.89. The van der Waals surface area contributed by atoms with Crippen molar-refractivity contribution in [2.45, 2.75) is 19.4 Å². The summed E-state index contributed by atoms with van der Waals surface area (Å²) in [4.78, 5) is 13.5. The first-order valence-corrected chi connectivity index (χ1v) is 7.56. The molecule has 1 atom stereocenters. The predicted octanol–water partition coefficient (Wildman–Crippen LogP) is 1.66. The van der Waals surface area contributed by atoms with Crippen LogP contribution in [0.1, 0.15) is 17.5 Å². The lowest BCUT2D eigenvalue weighted by Crippen LogP contribution is -3.11. The van der Waals surface area contributed by atoms with E-state index in [-0.39, 0.29) is 5.91 Å². The lowest BCUT2D eigenvalue weighted by Gasteiger charge is -2.25. The largest absolute Gasteiger partial charge is 0.330 e. The van der Waals surface area contributed by atoms with Crippen molar-refractivity contribution in [3.05, 3.63) is 65.7 Å². The van der Waals surface area contributed by atoms with E-state index in [0.29, 0.717) is 6.42 Å². The van der Waals surface area contributed by atoms with E-state index in [4.69, 9.17) is 0 Å². The smallest absolute Gasteiger partial charge is 0.230 e. The second-order valence-electron chi connectivity index (χ2n) is 5.61. The Morgan fingerprint density at radius 2 is 1.71 bits per heavy atom. The molecule has 2 aromatic carbocycles. The first kappa shape index (κ1) is 13.8. The van der Waals surface area contributed by atoms with Crippen LogP contribution in [0, 0.1) is 0 Å². The number of hydrogen-bond acceptors (Lipinski definition) is 1. The standard InChI is InChI=1S/C18H20N2O/c21-18(19-17-8-2-1-3-9-17)11-13-20-12-10-15-6-4-5-7-16(15)14-20/h1-9H,10-14H2,(H,19,21)/p+1. The minimum absolute atomic E-state index is 0.104. The fourth-order valence-electron chi connectivity index (χ4n) is 2.89. The zero-order valence-corrected chi connectivity index (χ0v) is 12.1. The van der Waals surface area contributed by atoms with Gasteiger partial charge in [-0.05, 0) is 17.7 Å². The molecular formula is C18H21N2O+. The molecule has 1 aliphatic heterocycles. The summed E-state index contributed by atoms with van der Waals surface area (Å²) in [6.45, 7) is 3.05. The summed E-state index contributed by atoms with van der Waals surface area (Å²) in [7, 11) is 0. The molecule has 0 fully saturated rings. The number of carbonyl (C=O) groups excluding carboxylic acids is 1. The molecule has 21 heavy (non-hydrogen) atoms. The van der Waals surface area contributed by atoms with Gasteiger partial charge in [0.15, 0.2) is 0 Å². The van der Waals surface area contributed by atoms with E-state index in [1.54, 1.807) is 0 Å². The molecule has 2 N–H and O–H groups in total. The maximum absolute atomic E-state index is 12.0. The number of rotatable bonds is 4. The van der Waals surface area contributed by atoms with Gasteiger partial charge in [-0.25, -0.2) is 0 Å². The number of hydrogen-bond donors (Lipinski definition) is 2. The molecule has 3 heteroatoms. The first-order valence-electron chi connectivity index (χ1n) is 7.56. The van der Waals surface area contributed by atoms with Crippen LogP contribution in [0.15, 0.2) is 54.6 Å². The SMILES string of the molecule is O=C(CC[NH+]1CCc2ccccc2C1)Nc1ccccc1. The van der Waals surface area contributed by atoms with E-state index in [2.05, 4.69) is 29.6 Å². The highest BCUT2D eigenvalue weighted by Gasteiger charge is 2.19. The van der Waals surface area contributed by atoms with Crippen LogP contribution >= 0.6 is 0 Å². The minimum atomic E-state index is 0.104. The highest BCUT2D eigenvalue weighted by atomic mass is 16.1. The maximum Gasteiger partial charge on any atom is 0.230 e. The van der Waals surface area contributed by atoms with Gasteiger partial charge in [0.05, 0.1) is 19.5 Å². The molecule has 0 aromatic heterocycles. The Labute approximate surface area is 125 Å². The molecule has 1 amide bonds. The molecule has 0 spiro atoms. The molecule has 0 saturated carbocycles. The summed E-state index contributed by atoms with van der Waals surface area (Å²) in [5.41, 5.74) is 3.78. The average Bonchev–Trinajstić information content (AvgIpc) is 2.54. The van der Waals surface area contributed by atoms with Crippen molar-refractivity contribution in [1.82, 2.24) is 0 Å². The van der Waals surface area contributed by atoms with Crippen LogP contribution in [0.3, 0.4) is 0 Å². The highest BCUT2D eigenvalue weighted by Crippen LogP contribution is 2.10. The van der Waals surface area contributed by atoms with E-state index >= 15 is 0 Å². The van der Waals surface area contributed by atoms with Crippen LogP contribution in [0.25, 0.3) is 0 Å². The molecule has 0 radical (unpaired) electrons. The third-order valence-electron chi connectivity index (χ3n) is 4.07. The maximum atomic E-state index is 12.0. The molecule has 1 aliphatic rings. The second-order valence-corrected chi connectivity index (χ2v) is 5.61. The van der Waals surface area contributed by atoms with Crippen LogP contribution in [-0.4, -0.2) is 19.0 Å². The Balaban J connectivity index is 1.49. The monoisotopic (exact) mass is 281 g/mol. The molecule has 3 nitrogen and oxygen atoms in total. The zero-order valence-electron chi connectivity index (χ0n) is 12.1. The Morgan fingerprint density at radius 3 is 2.52 bits per heavy atom. The van der Waals surface area contributed by atoms with Gasteiger partial charge in [-0.15, -0.1) is 0 Å². The van der Waals surface area contributed by atoms with Gasteiger partial charge < -0.3 is 10.2 Å². The average molecular weight is 281 g/mol. The van der Waals surface area contributed by atoms with Gasteiger partial charge >= 0.3 is 0 Å². The van der Waals surface area contributed by atoms with Gasteiger partial charge in [-0.3, -0.25) is 4.79 Å². The summed E-state index contributed by atoms with van der Waals surface area (Å²) in [6, 6.07) is 18.3. The predicted molar refractivity (Wildman–Crippen MR) is 84.2 cm³/mol. The van der Waals surface area contributed by atoms with Gasteiger partial charge in [0.2, 0.25) is 5.91 Å². The Kier molecular flexibility index (Phi) is 4.31. The topological polar surface area (TPSA) is 33.5 Å². The number of anilines is 1. The second kappa shape index (κ2) is 6.55. The molecule has 1 unspecified atom stereocenters. The van der Waals surface area contributed by atoms with Gasteiger partial charge in [0.1, 0.15) is 6.54 Å². The van der Waals surface area contributed by atoms with Crippen LogP contribution in [-0.2, 0) is 17.8 Å². The van der Waals surface area contributed by atoms with Crippen molar-refractivity contribution in [3.8, 4) is 0 Å². The van der Waals surface area contributed by atoms with Crippen molar-refractivity contribution in [2.24, 2.45) is 0 Å². The molecule has 0 aliphatic carbocycles. The van der Waals surface area contributed by atoms with Crippen LogP contribution in [0.4, 0.5) is 5.69 Å². The summed E-state index contributed by atoms with van der Waals surface area (Å²) in [5.74, 6) is 0.104. The van der Waals surface area contributed by atoms with Crippen molar-refractivity contribution in [1.29, 1.82) is 0 Å². The number of carbonyl (C=O) groups is 1.